The van der Waals surface area contributed by atoms with Gasteiger partial charge in [0, 0.05) is 18.5 Å². The molecule has 6 nitrogen and oxygen atoms in total. The van der Waals surface area contributed by atoms with E-state index in [0.29, 0.717) is 30.5 Å². The number of nitrogens with one attached hydrogen (secondary N) is 1. The molecule has 0 saturated heterocycles. The summed E-state index contributed by atoms with van der Waals surface area (Å²) in [6, 6.07) is 7.27. The monoisotopic (exact) mass is 340 g/mol. The second-order valence-electron chi connectivity index (χ2n) is 5.60. The van der Waals surface area contributed by atoms with E-state index >= 15 is 0 Å². The van der Waals surface area contributed by atoms with Crippen LogP contribution in [0.1, 0.15) is 24.1 Å². The van der Waals surface area contributed by atoms with Crippen molar-refractivity contribution in [2.45, 2.75) is 13.0 Å². The minimum absolute atomic E-state index is 0.124. The molecule has 1 aliphatic rings. The number of pyridine rings is 1. The highest BCUT2D eigenvalue weighted by molar-refractivity contribution is 5.92. The fraction of sp³-hybridized carbons (Fsp3) is 0.263. The summed E-state index contributed by atoms with van der Waals surface area (Å²) >= 11 is 0. The zero-order valence-corrected chi connectivity index (χ0v) is 14.2. The molecule has 1 atom stereocenters. The summed E-state index contributed by atoms with van der Waals surface area (Å²) in [5.41, 5.74) is 1.75. The van der Waals surface area contributed by atoms with E-state index in [-0.39, 0.29) is 11.9 Å². The number of hydrogen-bond donors (Lipinski definition) is 1. The molecule has 1 N–H and O–H groups in total. The number of ether oxygens (including phenoxy) is 3. The number of carbonyl (C=O) groups is 1. The van der Waals surface area contributed by atoms with Crippen molar-refractivity contribution in [2.24, 2.45) is 0 Å². The first-order valence-corrected chi connectivity index (χ1v) is 8.03. The molecule has 0 fully saturated rings. The summed E-state index contributed by atoms with van der Waals surface area (Å²) in [6.07, 6.45) is 6.64. The van der Waals surface area contributed by atoms with E-state index in [2.05, 4.69) is 10.3 Å². The predicted molar refractivity (Wildman–Crippen MR) is 93.8 cm³/mol. The van der Waals surface area contributed by atoms with Crippen LogP contribution in [0.2, 0.25) is 0 Å². The normalized spacial score (nSPS) is 14.2. The lowest BCUT2D eigenvalue weighted by molar-refractivity contribution is -0.117. The Morgan fingerprint density at radius 2 is 2.20 bits per heavy atom. The Bertz CT molecular complexity index is 757. The van der Waals surface area contributed by atoms with Gasteiger partial charge in [-0.1, -0.05) is 6.07 Å². The highest BCUT2D eigenvalue weighted by Gasteiger charge is 2.17. The van der Waals surface area contributed by atoms with E-state index < -0.39 is 0 Å². The summed E-state index contributed by atoms with van der Waals surface area (Å²) in [5, 5.41) is 2.90. The van der Waals surface area contributed by atoms with Crippen molar-refractivity contribution < 1.29 is 19.0 Å². The SMILES string of the molecule is COc1cc(/C=C/C(=O)NC(C)c2cccnc2)cc2c1OCCO2. The third-order valence-electron chi connectivity index (χ3n) is 3.82. The Morgan fingerprint density at radius 3 is 2.96 bits per heavy atom. The number of nitrogens with zero attached hydrogens (tertiary/aromatic N) is 1. The van der Waals surface area contributed by atoms with Gasteiger partial charge in [0.25, 0.3) is 0 Å². The van der Waals surface area contributed by atoms with Crippen molar-refractivity contribution >= 4 is 12.0 Å². The Kier molecular flexibility index (Phi) is 5.18. The van der Waals surface area contributed by atoms with Crippen molar-refractivity contribution in [1.29, 1.82) is 0 Å². The fourth-order valence-electron chi connectivity index (χ4n) is 2.54. The van der Waals surface area contributed by atoms with E-state index in [0.717, 1.165) is 11.1 Å². The van der Waals surface area contributed by atoms with Gasteiger partial charge < -0.3 is 19.5 Å². The molecule has 0 bridgehead atoms. The smallest absolute Gasteiger partial charge is 0.244 e. The van der Waals surface area contributed by atoms with Crippen LogP contribution in [0, 0.1) is 0 Å². The van der Waals surface area contributed by atoms with Crippen molar-refractivity contribution in [3.8, 4) is 17.2 Å². The van der Waals surface area contributed by atoms with E-state index in [4.69, 9.17) is 14.2 Å². The number of methoxy groups -OCH3 is 1. The lowest BCUT2D eigenvalue weighted by atomic mass is 10.1. The van der Waals surface area contributed by atoms with Gasteiger partial charge in [-0.15, -0.1) is 0 Å². The van der Waals surface area contributed by atoms with E-state index in [1.54, 1.807) is 25.6 Å². The Hall–Kier alpha value is -3.02. The van der Waals surface area contributed by atoms with Crippen LogP contribution in [-0.4, -0.2) is 31.2 Å². The number of carbonyl (C=O) groups excluding carboxylic acids is 1. The highest BCUT2D eigenvalue weighted by Crippen LogP contribution is 2.40. The zero-order valence-electron chi connectivity index (χ0n) is 14.2. The van der Waals surface area contributed by atoms with Gasteiger partial charge >= 0.3 is 0 Å². The third kappa shape index (κ3) is 4.09. The van der Waals surface area contributed by atoms with E-state index in [1.807, 2.05) is 31.2 Å². The zero-order chi connectivity index (χ0) is 17.6. The average molecular weight is 340 g/mol. The molecule has 130 valence electrons. The van der Waals surface area contributed by atoms with Gasteiger partial charge in [0.1, 0.15) is 13.2 Å². The number of fused-ring (bicyclic) bond motifs is 1. The Labute approximate surface area is 146 Å². The maximum Gasteiger partial charge on any atom is 0.244 e. The second kappa shape index (κ2) is 7.70. The van der Waals surface area contributed by atoms with Gasteiger partial charge in [-0.2, -0.15) is 0 Å². The van der Waals surface area contributed by atoms with Crippen LogP contribution in [0.5, 0.6) is 17.2 Å². The molecule has 1 unspecified atom stereocenters. The summed E-state index contributed by atoms with van der Waals surface area (Å²) in [4.78, 5) is 16.2. The van der Waals surface area contributed by atoms with Gasteiger partial charge in [0.15, 0.2) is 11.5 Å². The highest BCUT2D eigenvalue weighted by atomic mass is 16.6. The van der Waals surface area contributed by atoms with Crippen LogP contribution >= 0.6 is 0 Å². The molecule has 6 heteroatoms. The molecule has 0 saturated carbocycles. The van der Waals surface area contributed by atoms with Crippen LogP contribution in [0.4, 0.5) is 0 Å². The lowest BCUT2D eigenvalue weighted by Crippen LogP contribution is -2.24. The van der Waals surface area contributed by atoms with Gasteiger partial charge in [0.05, 0.1) is 13.2 Å². The summed E-state index contributed by atoms with van der Waals surface area (Å²) < 4.78 is 16.5. The maximum atomic E-state index is 12.1. The Balaban J connectivity index is 1.70. The third-order valence-corrected chi connectivity index (χ3v) is 3.82. The molecule has 1 aliphatic heterocycles. The molecule has 0 aliphatic carbocycles. The average Bonchev–Trinajstić information content (AvgIpc) is 2.66. The molecule has 25 heavy (non-hydrogen) atoms. The molecular weight excluding hydrogens is 320 g/mol. The fourth-order valence-corrected chi connectivity index (χ4v) is 2.54. The molecule has 1 aromatic heterocycles. The number of aromatic nitrogens is 1. The minimum Gasteiger partial charge on any atom is -0.493 e. The summed E-state index contributed by atoms with van der Waals surface area (Å²) in [5.74, 6) is 1.61. The quantitative estimate of drug-likeness (QED) is 0.848. The summed E-state index contributed by atoms with van der Waals surface area (Å²) in [6.45, 7) is 2.90. The van der Waals surface area contributed by atoms with Crippen LogP contribution in [0.25, 0.3) is 6.08 Å². The number of rotatable bonds is 5. The van der Waals surface area contributed by atoms with Gasteiger partial charge in [-0.25, -0.2) is 0 Å². The van der Waals surface area contributed by atoms with Gasteiger partial charge in [-0.05, 0) is 42.3 Å². The van der Waals surface area contributed by atoms with Crippen molar-refractivity contribution in [1.82, 2.24) is 10.3 Å². The topological polar surface area (TPSA) is 69.7 Å². The number of amides is 1. The number of benzene rings is 1. The first-order chi connectivity index (χ1) is 12.2. The molecule has 1 amide bonds. The van der Waals surface area contributed by atoms with Crippen molar-refractivity contribution in [2.75, 3.05) is 20.3 Å². The van der Waals surface area contributed by atoms with Crippen LogP contribution in [0.3, 0.4) is 0 Å². The first-order valence-electron chi connectivity index (χ1n) is 8.03. The first kappa shape index (κ1) is 16.8. The van der Waals surface area contributed by atoms with Crippen LogP contribution < -0.4 is 19.5 Å². The second-order valence-corrected chi connectivity index (χ2v) is 5.60. The molecule has 0 spiro atoms. The van der Waals surface area contributed by atoms with Crippen LogP contribution in [0.15, 0.2) is 42.7 Å². The largest absolute Gasteiger partial charge is 0.493 e. The predicted octanol–water partition coefficient (Wildman–Crippen LogP) is 2.75. The van der Waals surface area contributed by atoms with Gasteiger partial charge in [0.2, 0.25) is 11.7 Å². The molecule has 2 heterocycles. The molecule has 2 aromatic rings. The lowest BCUT2D eigenvalue weighted by Gasteiger charge is -2.21. The molecule has 1 aromatic carbocycles. The van der Waals surface area contributed by atoms with E-state index in [9.17, 15) is 4.79 Å². The molecule has 3 rings (SSSR count). The summed E-state index contributed by atoms with van der Waals surface area (Å²) in [7, 11) is 1.57. The van der Waals surface area contributed by atoms with Crippen molar-refractivity contribution in [3.05, 3.63) is 53.9 Å². The Morgan fingerprint density at radius 1 is 1.36 bits per heavy atom. The van der Waals surface area contributed by atoms with Crippen molar-refractivity contribution in [3.63, 3.8) is 0 Å². The van der Waals surface area contributed by atoms with E-state index in [1.165, 1.54) is 6.08 Å². The van der Waals surface area contributed by atoms with Crippen LogP contribution in [-0.2, 0) is 4.79 Å². The van der Waals surface area contributed by atoms with Gasteiger partial charge in [-0.3, -0.25) is 9.78 Å². The number of hydrogen-bond acceptors (Lipinski definition) is 5. The maximum absolute atomic E-state index is 12.1. The standard InChI is InChI=1S/C19H20N2O4/c1-13(15-4-3-7-20-12-15)21-18(22)6-5-14-10-16(23-2)19-17(11-14)24-8-9-25-19/h3-7,10-13H,8-9H2,1-2H3,(H,21,22)/b6-5+. The molecule has 0 radical (unpaired) electrons. The minimum atomic E-state index is -0.190. The molecular formula is C19H20N2O4.